The van der Waals surface area contributed by atoms with Crippen LogP contribution in [0.3, 0.4) is 0 Å². The second-order valence-electron chi connectivity index (χ2n) is 5.53. The lowest BCUT2D eigenvalue weighted by Gasteiger charge is -1.99. The number of carbonyl (C=O) groups excluding carboxylic acids is 1. The molecule has 0 aliphatic heterocycles. The molecule has 0 aliphatic rings. The van der Waals surface area contributed by atoms with Gasteiger partial charge in [0.2, 0.25) is 0 Å². The molecule has 0 fully saturated rings. The largest absolute Gasteiger partial charge is 0.448 e. The number of furan rings is 1. The highest BCUT2D eigenvalue weighted by Gasteiger charge is 2.08. The zero-order valence-electron chi connectivity index (χ0n) is 13.8. The maximum absolute atomic E-state index is 12.0. The molecule has 2 N–H and O–H groups in total. The number of nitrogens with one attached hydrogen (secondary N) is 2. The zero-order chi connectivity index (χ0) is 18.6. The predicted octanol–water partition coefficient (Wildman–Crippen LogP) is 4.83. The number of rotatable bonds is 5. The van der Waals surface area contributed by atoms with Crippen molar-refractivity contribution in [2.45, 2.75) is 10.2 Å². The predicted molar refractivity (Wildman–Crippen MR) is 108 cm³/mol. The van der Waals surface area contributed by atoms with Gasteiger partial charge in [-0.15, -0.1) is 0 Å². The van der Waals surface area contributed by atoms with Crippen molar-refractivity contribution < 1.29 is 9.21 Å². The third-order valence-corrected chi connectivity index (χ3v) is 4.91. The average Bonchev–Trinajstić information content (AvgIpc) is 3.28. The number of aromatic nitrogens is 2. The molecule has 27 heavy (non-hydrogen) atoms. The van der Waals surface area contributed by atoms with Crippen LogP contribution in [0.25, 0.3) is 11.0 Å². The quantitative estimate of drug-likeness (QED) is 0.343. The van der Waals surface area contributed by atoms with Gasteiger partial charge in [0.15, 0.2) is 10.2 Å². The molecule has 134 valence electrons. The Morgan fingerprint density at radius 2 is 2.07 bits per heavy atom. The van der Waals surface area contributed by atoms with Crippen molar-refractivity contribution in [3.63, 3.8) is 0 Å². The SMILES string of the molecule is O=C(N/N=C/c1ccc(Sc2nc3ccccc3[nH]2)o1)c1cccc(Br)c1. The maximum Gasteiger partial charge on any atom is 0.271 e. The lowest BCUT2D eigenvalue weighted by atomic mass is 10.2. The first-order valence-corrected chi connectivity index (χ1v) is 9.60. The van der Waals surface area contributed by atoms with E-state index in [4.69, 9.17) is 4.42 Å². The van der Waals surface area contributed by atoms with Crippen LogP contribution in [0.15, 0.2) is 84.9 Å². The first kappa shape index (κ1) is 17.6. The molecule has 0 atom stereocenters. The van der Waals surface area contributed by atoms with Crippen molar-refractivity contribution >= 4 is 50.8 Å². The number of hydrogen-bond acceptors (Lipinski definition) is 5. The molecule has 0 saturated carbocycles. The molecule has 4 rings (SSSR count). The Labute approximate surface area is 167 Å². The third kappa shape index (κ3) is 4.29. The second kappa shape index (κ2) is 7.81. The number of hydrogen-bond donors (Lipinski definition) is 2. The van der Waals surface area contributed by atoms with Gasteiger partial charge < -0.3 is 9.40 Å². The van der Waals surface area contributed by atoms with Crippen LogP contribution in [0.4, 0.5) is 0 Å². The van der Waals surface area contributed by atoms with Crippen molar-refractivity contribution in [2.24, 2.45) is 5.10 Å². The average molecular weight is 441 g/mol. The van der Waals surface area contributed by atoms with Crippen LogP contribution in [-0.4, -0.2) is 22.1 Å². The van der Waals surface area contributed by atoms with Gasteiger partial charge >= 0.3 is 0 Å². The van der Waals surface area contributed by atoms with E-state index in [-0.39, 0.29) is 5.91 Å². The van der Waals surface area contributed by atoms with Crippen molar-refractivity contribution in [1.29, 1.82) is 0 Å². The van der Waals surface area contributed by atoms with E-state index in [0.717, 1.165) is 20.7 Å². The van der Waals surface area contributed by atoms with E-state index in [9.17, 15) is 4.79 Å². The summed E-state index contributed by atoms with van der Waals surface area (Å²) in [5, 5.41) is 5.36. The lowest BCUT2D eigenvalue weighted by Crippen LogP contribution is -2.17. The third-order valence-electron chi connectivity index (χ3n) is 3.61. The lowest BCUT2D eigenvalue weighted by molar-refractivity contribution is 0.0955. The number of fused-ring (bicyclic) bond motifs is 1. The summed E-state index contributed by atoms with van der Waals surface area (Å²) in [7, 11) is 0. The van der Waals surface area contributed by atoms with Crippen molar-refractivity contribution in [3.05, 3.63) is 76.5 Å². The number of para-hydroxylation sites is 2. The molecular weight excluding hydrogens is 428 g/mol. The van der Waals surface area contributed by atoms with Gasteiger partial charge in [0, 0.05) is 10.0 Å². The summed E-state index contributed by atoms with van der Waals surface area (Å²) in [6, 6.07) is 18.5. The van der Waals surface area contributed by atoms with Gasteiger partial charge in [-0.1, -0.05) is 34.1 Å². The van der Waals surface area contributed by atoms with E-state index >= 15 is 0 Å². The van der Waals surface area contributed by atoms with Crippen molar-refractivity contribution in [1.82, 2.24) is 15.4 Å². The van der Waals surface area contributed by atoms with E-state index in [1.54, 1.807) is 24.3 Å². The van der Waals surface area contributed by atoms with Crippen LogP contribution in [0.2, 0.25) is 0 Å². The first-order valence-electron chi connectivity index (χ1n) is 7.99. The molecule has 4 aromatic rings. The Hall–Kier alpha value is -2.84. The smallest absolute Gasteiger partial charge is 0.271 e. The number of aromatic amines is 1. The Morgan fingerprint density at radius 1 is 1.19 bits per heavy atom. The van der Waals surface area contributed by atoms with Crippen molar-refractivity contribution in [3.8, 4) is 0 Å². The number of hydrazone groups is 1. The fourth-order valence-corrected chi connectivity index (χ4v) is 3.55. The molecular formula is C19H13BrN4O2S. The van der Waals surface area contributed by atoms with Gasteiger partial charge in [-0.25, -0.2) is 10.4 Å². The van der Waals surface area contributed by atoms with Crippen LogP contribution in [0.5, 0.6) is 0 Å². The standard InChI is InChI=1S/C19H13BrN4O2S/c20-13-5-3-4-12(10-13)18(25)24-21-11-14-8-9-17(26-14)27-19-22-15-6-1-2-7-16(15)23-19/h1-11H,(H,22,23)(H,24,25)/b21-11+. The maximum atomic E-state index is 12.0. The Morgan fingerprint density at radius 3 is 2.93 bits per heavy atom. The summed E-state index contributed by atoms with van der Waals surface area (Å²) >= 11 is 4.72. The molecule has 1 amide bonds. The van der Waals surface area contributed by atoms with Gasteiger partial charge in [0.1, 0.15) is 5.76 Å². The summed E-state index contributed by atoms with van der Waals surface area (Å²) in [6.45, 7) is 0. The number of amides is 1. The highest BCUT2D eigenvalue weighted by molar-refractivity contribution is 9.10. The van der Waals surface area contributed by atoms with Crippen LogP contribution in [-0.2, 0) is 0 Å². The fourth-order valence-electron chi connectivity index (χ4n) is 2.38. The zero-order valence-corrected chi connectivity index (χ0v) is 16.3. The molecule has 2 aromatic heterocycles. The molecule has 0 aliphatic carbocycles. The number of benzene rings is 2. The van der Waals surface area contributed by atoms with E-state index in [2.05, 4.69) is 36.4 Å². The van der Waals surface area contributed by atoms with Gasteiger partial charge in [-0.3, -0.25) is 4.79 Å². The number of halogens is 1. The molecule has 6 nitrogen and oxygen atoms in total. The van der Waals surface area contributed by atoms with E-state index in [1.165, 1.54) is 18.0 Å². The Balaban J connectivity index is 1.39. The molecule has 0 radical (unpaired) electrons. The molecule has 0 unspecified atom stereocenters. The van der Waals surface area contributed by atoms with Crippen LogP contribution < -0.4 is 5.43 Å². The number of imidazole rings is 1. The number of H-pyrrole nitrogens is 1. The highest BCUT2D eigenvalue weighted by Crippen LogP contribution is 2.28. The van der Waals surface area contributed by atoms with Crippen molar-refractivity contribution in [2.75, 3.05) is 0 Å². The van der Waals surface area contributed by atoms with E-state index < -0.39 is 0 Å². The van der Waals surface area contributed by atoms with Crippen LogP contribution in [0, 0.1) is 0 Å². The van der Waals surface area contributed by atoms with Gasteiger partial charge in [0.05, 0.1) is 17.2 Å². The Bertz CT molecular complexity index is 1100. The summed E-state index contributed by atoms with van der Waals surface area (Å²) in [6.07, 6.45) is 1.46. The topological polar surface area (TPSA) is 83.3 Å². The molecule has 0 saturated heterocycles. The van der Waals surface area contributed by atoms with Gasteiger partial charge in [0.25, 0.3) is 5.91 Å². The Kier molecular flexibility index (Phi) is 5.08. The summed E-state index contributed by atoms with van der Waals surface area (Å²) in [5.41, 5.74) is 4.87. The fraction of sp³-hybridized carbons (Fsp3) is 0. The summed E-state index contributed by atoms with van der Waals surface area (Å²) in [4.78, 5) is 19.8. The summed E-state index contributed by atoms with van der Waals surface area (Å²) < 4.78 is 6.52. The van der Waals surface area contributed by atoms with Gasteiger partial charge in [-0.05, 0) is 54.2 Å². The molecule has 2 heterocycles. The minimum Gasteiger partial charge on any atom is -0.448 e. The highest BCUT2D eigenvalue weighted by atomic mass is 79.9. The minimum absolute atomic E-state index is 0.295. The van der Waals surface area contributed by atoms with Gasteiger partial charge in [-0.2, -0.15) is 5.10 Å². The van der Waals surface area contributed by atoms with E-state index in [1.807, 2.05) is 36.4 Å². The van der Waals surface area contributed by atoms with E-state index in [0.29, 0.717) is 16.4 Å². The molecule has 2 aromatic carbocycles. The molecule has 8 heteroatoms. The number of carbonyl (C=O) groups is 1. The van der Waals surface area contributed by atoms with Crippen LogP contribution >= 0.6 is 27.7 Å². The monoisotopic (exact) mass is 440 g/mol. The normalized spacial score (nSPS) is 11.3. The minimum atomic E-state index is -0.295. The molecule has 0 spiro atoms. The molecule has 0 bridgehead atoms. The number of nitrogens with zero attached hydrogens (tertiary/aromatic N) is 2. The van der Waals surface area contributed by atoms with Crippen LogP contribution in [0.1, 0.15) is 16.1 Å². The second-order valence-corrected chi connectivity index (χ2v) is 7.44. The first-order chi connectivity index (χ1) is 13.2. The summed E-state index contributed by atoms with van der Waals surface area (Å²) in [5.74, 6) is 0.235.